The van der Waals surface area contributed by atoms with Crippen molar-refractivity contribution in [1.29, 1.82) is 0 Å². The van der Waals surface area contributed by atoms with Crippen molar-refractivity contribution in [1.82, 2.24) is 4.98 Å². The molecule has 7 nitrogen and oxygen atoms in total. The summed E-state index contributed by atoms with van der Waals surface area (Å²) in [6.07, 6.45) is 1.68. The molecule has 2 rings (SSSR count). The van der Waals surface area contributed by atoms with Gasteiger partial charge < -0.3 is 19.4 Å². The number of ether oxygens (including phenoxy) is 2. The number of esters is 2. The Morgan fingerprint density at radius 3 is 2.62 bits per heavy atom. The lowest BCUT2D eigenvalue weighted by molar-refractivity contribution is -0.920. The molecular formula is C19H29N2O5+. The number of nitrogens with one attached hydrogen (secondary N) is 2. The topological polar surface area (TPSA) is 89.9 Å². The molecule has 0 saturated carbocycles. The SMILES string of the molecule is CCOC(=O)[C@@H]1CCC[NH+]([C@@H](C)C(=O)c2[nH]c(C)c(C(=O)OC)c2C)C1. The van der Waals surface area contributed by atoms with Crippen molar-refractivity contribution in [2.24, 2.45) is 5.92 Å². The zero-order valence-corrected chi connectivity index (χ0v) is 16.2. The molecule has 1 aromatic heterocycles. The fraction of sp³-hybridized carbons (Fsp3) is 0.632. The quantitative estimate of drug-likeness (QED) is 0.576. The third-order valence-corrected chi connectivity index (χ3v) is 5.26. The zero-order chi connectivity index (χ0) is 19.4. The van der Waals surface area contributed by atoms with E-state index < -0.39 is 5.97 Å². The number of quaternary nitrogens is 1. The molecule has 1 saturated heterocycles. The van der Waals surface area contributed by atoms with Crippen LogP contribution < -0.4 is 4.90 Å². The molecule has 0 bridgehead atoms. The molecule has 1 unspecified atom stereocenters. The van der Waals surface area contributed by atoms with Crippen molar-refractivity contribution in [3.63, 3.8) is 0 Å². The Labute approximate surface area is 154 Å². The van der Waals surface area contributed by atoms with Crippen molar-refractivity contribution >= 4 is 17.7 Å². The van der Waals surface area contributed by atoms with Crippen molar-refractivity contribution in [3.05, 3.63) is 22.5 Å². The number of H-pyrrole nitrogens is 1. The lowest BCUT2D eigenvalue weighted by Crippen LogP contribution is -3.18. The Balaban J connectivity index is 2.17. The standard InChI is InChI=1S/C19H28N2O5/c1-6-26-18(23)14-8-7-9-21(10-14)13(4)17(22)16-11(2)15(12(3)20-16)19(24)25-5/h13-14,20H,6-10H2,1-5H3/p+1/t13-,14+/m0/s1. The molecule has 2 heterocycles. The van der Waals surface area contributed by atoms with Gasteiger partial charge in [-0.25, -0.2) is 4.79 Å². The van der Waals surface area contributed by atoms with Crippen LogP contribution in [-0.2, 0) is 14.3 Å². The summed E-state index contributed by atoms with van der Waals surface area (Å²) in [5.41, 5.74) is 2.11. The first-order valence-corrected chi connectivity index (χ1v) is 9.14. The second-order valence-corrected chi connectivity index (χ2v) is 6.91. The number of hydrogen-bond acceptors (Lipinski definition) is 5. The van der Waals surface area contributed by atoms with Gasteiger partial charge in [-0.15, -0.1) is 0 Å². The van der Waals surface area contributed by atoms with E-state index in [-0.39, 0.29) is 23.7 Å². The average Bonchev–Trinajstić information content (AvgIpc) is 2.94. The molecule has 0 aromatic carbocycles. The van der Waals surface area contributed by atoms with Crippen molar-refractivity contribution in [3.8, 4) is 0 Å². The summed E-state index contributed by atoms with van der Waals surface area (Å²) >= 11 is 0. The lowest BCUT2D eigenvalue weighted by atomic mass is 9.95. The van der Waals surface area contributed by atoms with E-state index in [2.05, 4.69) is 4.98 Å². The Hall–Kier alpha value is -2.15. The third-order valence-electron chi connectivity index (χ3n) is 5.26. The maximum absolute atomic E-state index is 13.0. The van der Waals surface area contributed by atoms with Crippen molar-refractivity contribution < 1.29 is 28.8 Å². The van der Waals surface area contributed by atoms with Gasteiger partial charge in [-0.1, -0.05) is 0 Å². The van der Waals surface area contributed by atoms with Crippen LogP contribution in [0.2, 0.25) is 0 Å². The summed E-state index contributed by atoms with van der Waals surface area (Å²) in [6.45, 7) is 8.98. The summed E-state index contributed by atoms with van der Waals surface area (Å²) in [5, 5.41) is 0. The molecule has 1 fully saturated rings. The summed E-state index contributed by atoms with van der Waals surface area (Å²) in [5.74, 6) is -0.841. The highest BCUT2D eigenvalue weighted by atomic mass is 16.5. The van der Waals surface area contributed by atoms with Crippen LogP contribution in [0.1, 0.15) is 58.8 Å². The molecule has 7 heteroatoms. The number of piperidine rings is 1. The average molecular weight is 365 g/mol. The predicted octanol–water partition coefficient (Wildman–Crippen LogP) is 0.847. The molecule has 2 N–H and O–H groups in total. The highest BCUT2D eigenvalue weighted by Crippen LogP contribution is 2.20. The maximum atomic E-state index is 13.0. The minimum atomic E-state index is -0.448. The monoisotopic (exact) mass is 365 g/mol. The summed E-state index contributed by atoms with van der Waals surface area (Å²) in [7, 11) is 1.33. The van der Waals surface area contributed by atoms with Gasteiger partial charge in [0.25, 0.3) is 0 Å². The van der Waals surface area contributed by atoms with Crippen LogP contribution in [0.25, 0.3) is 0 Å². The second-order valence-electron chi connectivity index (χ2n) is 6.91. The van der Waals surface area contributed by atoms with Crippen LogP contribution in [0.3, 0.4) is 0 Å². The number of likely N-dealkylation sites (tertiary alicyclic amines) is 1. The Bertz CT molecular complexity index is 694. The number of aromatic amines is 1. The van der Waals surface area contributed by atoms with Crippen LogP contribution in [0, 0.1) is 19.8 Å². The minimum absolute atomic E-state index is 0.0553. The van der Waals surface area contributed by atoms with E-state index in [4.69, 9.17) is 9.47 Å². The van der Waals surface area contributed by atoms with E-state index in [0.29, 0.717) is 35.7 Å². The van der Waals surface area contributed by atoms with E-state index in [1.165, 1.54) is 7.11 Å². The van der Waals surface area contributed by atoms with Crippen LogP contribution in [0.5, 0.6) is 0 Å². The fourth-order valence-electron chi connectivity index (χ4n) is 3.76. The first kappa shape index (κ1) is 20.2. The van der Waals surface area contributed by atoms with Crippen LogP contribution in [0.15, 0.2) is 0 Å². The highest BCUT2D eigenvalue weighted by Gasteiger charge is 2.36. The number of aromatic nitrogens is 1. The number of methoxy groups -OCH3 is 1. The number of carbonyl (C=O) groups excluding carboxylic acids is 3. The molecule has 144 valence electrons. The van der Waals surface area contributed by atoms with Gasteiger partial charge in [-0.3, -0.25) is 9.59 Å². The molecule has 1 aliphatic rings. The molecule has 0 aliphatic carbocycles. The highest BCUT2D eigenvalue weighted by molar-refractivity contribution is 6.03. The van der Waals surface area contributed by atoms with Gasteiger partial charge in [-0.2, -0.15) is 0 Å². The van der Waals surface area contributed by atoms with Gasteiger partial charge in [0, 0.05) is 5.69 Å². The first-order chi connectivity index (χ1) is 12.3. The second kappa shape index (κ2) is 8.49. The molecule has 1 aliphatic heterocycles. The predicted molar refractivity (Wildman–Crippen MR) is 95.5 cm³/mol. The Morgan fingerprint density at radius 2 is 2.00 bits per heavy atom. The maximum Gasteiger partial charge on any atom is 0.339 e. The summed E-state index contributed by atoms with van der Waals surface area (Å²) in [6, 6.07) is -0.311. The molecule has 26 heavy (non-hydrogen) atoms. The molecule has 0 spiro atoms. The molecular weight excluding hydrogens is 336 g/mol. The minimum Gasteiger partial charge on any atom is -0.466 e. The smallest absolute Gasteiger partial charge is 0.339 e. The van der Waals surface area contributed by atoms with Gasteiger partial charge in [-0.05, 0) is 46.1 Å². The van der Waals surface area contributed by atoms with E-state index >= 15 is 0 Å². The largest absolute Gasteiger partial charge is 0.466 e. The zero-order valence-electron chi connectivity index (χ0n) is 16.2. The summed E-state index contributed by atoms with van der Waals surface area (Å²) in [4.78, 5) is 41.1. The van der Waals surface area contributed by atoms with Crippen LogP contribution in [0.4, 0.5) is 0 Å². The third kappa shape index (κ3) is 3.98. The van der Waals surface area contributed by atoms with Gasteiger partial charge >= 0.3 is 11.9 Å². The van der Waals surface area contributed by atoms with Crippen molar-refractivity contribution in [2.45, 2.75) is 46.6 Å². The number of Topliss-reactive ketones (excluding diaryl/α,β-unsaturated/α-hetero) is 1. The van der Waals surface area contributed by atoms with E-state index in [9.17, 15) is 14.4 Å². The van der Waals surface area contributed by atoms with Gasteiger partial charge in [0.15, 0.2) is 6.04 Å². The molecule has 0 radical (unpaired) electrons. The lowest BCUT2D eigenvalue weighted by Gasteiger charge is -2.32. The number of aryl methyl sites for hydroxylation is 1. The normalized spacial score (nSPS) is 21.1. The number of hydrogen-bond donors (Lipinski definition) is 2. The number of rotatable bonds is 6. The van der Waals surface area contributed by atoms with E-state index in [0.717, 1.165) is 24.3 Å². The van der Waals surface area contributed by atoms with Crippen molar-refractivity contribution in [2.75, 3.05) is 26.8 Å². The summed E-state index contributed by atoms with van der Waals surface area (Å²) < 4.78 is 9.94. The van der Waals surface area contributed by atoms with Gasteiger partial charge in [0.05, 0.1) is 38.1 Å². The van der Waals surface area contributed by atoms with Crippen LogP contribution >= 0.6 is 0 Å². The number of carbonyl (C=O) groups is 3. The van der Waals surface area contributed by atoms with E-state index in [1.54, 1.807) is 20.8 Å². The number of ketones is 1. The Kier molecular flexibility index (Phi) is 6.58. The Morgan fingerprint density at radius 1 is 1.31 bits per heavy atom. The molecule has 0 amide bonds. The molecule has 3 atom stereocenters. The first-order valence-electron chi connectivity index (χ1n) is 9.14. The van der Waals surface area contributed by atoms with Gasteiger partial charge in [0.2, 0.25) is 5.78 Å². The van der Waals surface area contributed by atoms with E-state index in [1.807, 2.05) is 6.92 Å². The fourth-order valence-corrected chi connectivity index (χ4v) is 3.76. The van der Waals surface area contributed by atoms with Gasteiger partial charge in [0.1, 0.15) is 5.92 Å². The molecule has 1 aromatic rings. The van der Waals surface area contributed by atoms with Crippen LogP contribution in [-0.4, -0.2) is 55.6 Å².